The van der Waals surface area contributed by atoms with E-state index in [1.165, 1.54) is 12.1 Å². The number of rotatable bonds is 10. The van der Waals surface area contributed by atoms with Gasteiger partial charge in [0.1, 0.15) is 19.8 Å². The van der Waals surface area contributed by atoms with Crippen LogP contribution < -0.4 is 14.2 Å². The van der Waals surface area contributed by atoms with Crippen LogP contribution in [-0.4, -0.2) is 24.3 Å². The summed E-state index contributed by atoms with van der Waals surface area (Å²) in [6.45, 7) is 7.93. The van der Waals surface area contributed by atoms with Crippen molar-refractivity contribution in [1.82, 2.24) is 0 Å². The van der Waals surface area contributed by atoms with Gasteiger partial charge in [-0.05, 0) is 17.7 Å². The highest BCUT2D eigenvalue weighted by atomic mass is 16.5. The summed E-state index contributed by atoms with van der Waals surface area (Å²) in [6.07, 6.45) is 3.14. The second-order valence-electron chi connectivity index (χ2n) is 5.08. The molecule has 1 N–H and O–H groups in total. The molecular formula is C20H20O5. The molecule has 0 saturated heterocycles. The number of carboxylic acids is 1. The number of carbonyl (C=O) groups is 1. The Labute approximate surface area is 146 Å². The van der Waals surface area contributed by atoms with Gasteiger partial charge in [-0.3, -0.25) is 0 Å². The van der Waals surface area contributed by atoms with Crippen molar-refractivity contribution in [2.24, 2.45) is 0 Å². The van der Waals surface area contributed by atoms with Crippen molar-refractivity contribution < 1.29 is 24.1 Å². The van der Waals surface area contributed by atoms with Crippen LogP contribution in [-0.2, 0) is 6.61 Å². The van der Waals surface area contributed by atoms with Crippen molar-refractivity contribution in [2.75, 3.05) is 13.2 Å². The van der Waals surface area contributed by atoms with E-state index in [2.05, 4.69) is 13.2 Å². The molecule has 130 valence electrons. The lowest BCUT2D eigenvalue weighted by Crippen LogP contribution is -2.06. The maximum Gasteiger partial charge on any atom is 0.335 e. The molecule has 0 spiro atoms. The quantitative estimate of drug-likeness (QED) is 0.660. The first-order chi connectivity index (χ1) is 12.2. The largest absolute Gasteiger partial charge is 0.485 e. The Balaban J connectivity index is 2.37. The first-order valence-corrected chi connectivity index (χ1v) is 7.71. The van der Waals surface area contributed by atoms with E-state index in [1.54, 1.807) is 12.2 Å². The number of hydrogen-bond acceptors (Lipinski definition) is 4. The third kappa shape index (κ3) is 5.14. The van der Waals surface area contributed by atoms with E-state index in [0.29, 0.717) is 12.4 Å². The normalized spacial score (nSPS) is 9.92. The average molecular weight is 340 g/mol. The standard InChI is InChI=1S/C20H20O5/c1-3-10-23-17-12-16(20(21)22)13-18(24-11-4-2)19(17)25-14-15-8-6-5-7-9-15/h3-9,12-13H,1-2,10-11,14H2,(H,21,22). The summed E-state index contributed by atoms with van der Waals surface area (Å²) in [4.78, 5) is 11.4. The molecule has 0 aromatic heterocycles. The Morgan fingerprint density at radius 1 is 0.960 bits per heavy atom. The van der Waals surface area contributed by atoms with Crippen LogP contribution in [0.25, 0.3) is 0 Å². The van der Waals surface area contributed by atoms with Gasteiger partial charge >= 0.3 is 5.97 Å². The molecule has 0 aliphatic heterocycles. The lowest BCUT2D eigenvalue weighted by molar-refractivity contribution is 0.0695. The first-order valence-electron chi connectivity index (χ1n) is 7.71. The molecule has 0 atom stereocenters. The zero-order valence-corrected chi connectivity index (χ0v) is 13.8. The van der Waals surface area contributed by atoms with Gasteiger partial charge in [-0.1, -0.05) is 55.6 Å². The maximum atomic E-state index is 11.4. The van der Waals surface area contributed by atoms with Crippen molar-refractivity contribution in [3.05, 3.63) is 78.9 Å². The minimum absolute atomic E-state index is 0.0465. The van der Waals surface area contributed by atoms with E-state index in [1.807, 2.05) is 30.3 Å². The third-order valence-electron chi connectivity index (χ3n) is 3.21. The molecule has 5 heteroatoms. The number of aromatic carboxylic acids is 1. The zero-order valence-electron chi connectivity index (χ0n) is 13.8. The molecule has 0 unspecified atom stereocenters. The molecule has 0 bridgehead atoms. The van der Waals surface area contributed by atoms with Gasteiger partial charge in [-0.25, -0.2) is 4.79 Å². The fraction of sp³-hybridized carbons (Fsp3) is 0.150. The molecule has 0 amide bonds. The van der Waals surface area contributed by atoms with E-state index < -0.39 is 5.97 Å². The predicted octanol–water partition coefficient (Wildman–Crippen LogP) is 4.09. The van der Waals surface area contributed by atoms with Crippen LogP contribution in [0.15, 0.2) is 67.8 Å². The Morgan fingerprint density at radius 3 is 2.00 bits per heavy atom. The predicted molar refractivity (Wildman–Crippen MR) is 95.6 cm³/mol. The molecule has 0 fully saturated rings. The number of ether oxygens (including phenoxy) is 3. The molecule has 0 radical (unpaired) electrons. The van der Waals surface area contributed by atoms with E-state index in [-0.39, 0.29) is 30.3 Å². The third-order valence-corrected chi connectivity index (χ3v) is 3.21. The summed E-state index contributed by atoms with van der Waals surface area (Å²) < 4.78 is 17.0. The minimum atomic E-state index is -1.08. The zero-order chi connectivity index (χ0) is 18.1. The highest BCUT2D eigenvalue weighted by Crippen LogP contribution is 2.39. The first kappa shape index (κ1) is 18.1. The summed E-state index contributed by atoms with van der Waals surface area (Å²) in [5.74, 6) is -0.163. The SMILES string of the molecule is C=CCOc1cc(C(=O)O)cc(OCC=C)c1OCc1ccccc1. The van der Waals surface area contributed by atoms with Crippen molar-refractivity contribution in [1.29, 1.82) is 0 Å². The van der Waals surface area contributed by atoms with Crippen molar-refractivity contribution in [3.8, 4) is 17.2 Å². The summed E-state index contributed by atoms with van der Waals surface area (Å²) in [5.41, 5.74) is 1.01. The van der Waals surface area contributed by atoms with Crippen LogP contribution in [0.3, 0.4) is 0 Å². The lowest BCUT2D eigenvalue weighted by Gasteiger charge is -2.17. The monoisotopic (exact) mass is 340 g/mol. The molecule has 0 saturated carbocycles. The highest BCUT2D eigenvalue weighted by Gasteiger charge is 2.18. The Kier molecular flexibility index (Phi) is 6.65. The van der Waals surface area contributed by atoms with Crippen LogP contribution in [0.4, 0.5) is 0 Å². The highest BCUT2D eigenvalue weighted by molar-refractivity contribution is 5.89. The summed E-state index contributed by atoms with van der Waals surface area (Å²) in [6, 6.07) is 12.4. The van der Waals surface area contributed by atoms with Crippen LogP contribution in [0.2, 0.25) is 0 Å². The van der Waals surface area contributed by atoms with Gasteiger partial charge in [0.05, 0.1) is 5.56 Å². The second-order valence-corrected chi connectivity index (χ2v) is 5.08. The van der Waals surface area contributed by atoms with E-state index >= 15 is 0 Å². The van der Waals surface area contributed by atoms with E-state index in [9.17, 15) is 9.90 Å². The Morgan fingerprint density at radius 2 is 1.52 bits per heavy atom. The molecule has 2 aromatic carbocycles. The Bertz CT molecular complexity index is 704. The molecular weight excluding hydrogens is 320 g/mol. The molecule has 2 rings (SSSR count). The summed E-state index contributed by atoms with van der Waals surface area (Å²) in [5, 5.41) is 9.29. The molecule has 5 nitrogen and oxygen atoms in total. The fourth-order valence-corrected chi connectivity index (χ4v) is 2.08. The van der Waals surface area contributed by atoms with Crippen LogP contribution in [0.5, 0.6) is 17.2 Å². The van der Waals surface area contributed by atoms with Gasteiger partial charge in [0.2, 0.25) is 5.75 Å². The smallest absolute Gasteiger partial charge is 0.335 e. The van der Waals surface area contributed by atoms with Crippen molar-refractivity contribution in [2.45, 2.75) is 6.61 Å². The number of hydrogen-bond donors (Lipinski definition) is 1. The van der Waals surface area contributed by atoms with E-state index in [0.717, 1.165) is 5.56 Å². The van der Waals surface area contributed by atoms with Crippen LogP contribution >= 0.6 is 0 Å². The van der Waals surface area contributed by atoms with Gasteiger partial charge in [-0.2, -0.15) is 0 Å². The minimum Gasteiger partial charge on any atom is -0.485 e. The number of benzene rings is 2. The second kappa shape index (κ2) is 9.17. The van der Waals surface area contributed by atoms with Gasteiger partial charge in [0.25, 0.3) is 0 Å². The summed E-state index contributed by atoms with van der Waals surface area (Å²) >= 11 is 0. The van der Waals surface area contributed by atoms with Crippen LogP contribution in [0, 0.1) is 0 Å². The van der Waals surface area contributed by atoms with Crippen molar-refractivity contribution in [3.63, 3.8) is 0 Å². The Hall–Kier alpha value is -3.21. The molecule has 25 heavy (non-hydrogen) atoms. The lowest BCUT2D eigenvalue weighted by atomic mass is 10.1. The van der Waals surface area contributed by atoms with Crippen molar-refractivity contribution >= 4 is 5.97 Å². The van der Waals surface area contributed by atoms with Gasteiger partial charge in [0.15, 0.2) is 11.5 Å². The maximum absolute atomic E-state index is 11.4. The van der Waals surface area contributed by atoms with Crippen LogP contribution in [0.1, 0.15) is 15.9 Å². The molecule has 0 heterocycles. The molecule has 0 aliphatic carbocycles. The number of carboxylic acid groups (broad SMARTS) is 1. The van der Waals surface area contributed by atoms with Gasteiger partial charge in [0, 0.05) is 0 Å². The average Bonchev–Trinajstić information content (AvgIpc) is 2.63. The fourth-order valence-electron chi connectivity index (χ4n) is 2.08. The molecule has 2 aromatic rings. The van der Waals surface area contributed by atoms with Gasteiger partial charge in [-0.15, -0.1) is 0 Å². The summed E-state index contributed by atoms with van der Waals surface area (Å²) in [7, 11) is 0. The molecule has 0 aliphatic rings. The topological polar surface area (TPSA) is 65.0 Å². The van der Waals surface area contributed by atoms with Gasteiger partial charge < -0.3 is 19.3 Å². The van der Waals surface area contributed by atoms with E-state index in [4.69, 9.17) is 14.2 Å².